The number of anilines is 1. The molecule has 39 heavy (non-hydrogen) atoms. The van der Waals surface area contributed by atoms with Crippen LogP contribution < -0.4 is 15.4 Å². The molecule has 0 saturated carbocycles. The number of fused-ring (bicyclic) bond motifs is 1. The monoisotopic (exact) mass is 553 g/mol. The Morgan fingerprint density at radius 2 is 1.74 bits per heavy atom. The van der Waals surface area contributed by atoms with Crippen molar-refractivity contribution in [2.75, 3.05) is 37.8 Å². The molecule has 0 unspecified atom stereocenters. The van der Waals surface area contributed by atoms with Crippen LogP contribution in [0.5, 0.6) is 5.75 Å². The van der Waals surface area contributed by atoms with Crippen molar-refractivity contribution in [3.05, 3.63) is 77.1 Å². The van der Waals surface area contributed by atoms with Crippen LogP contribution in [-0.4, -0.2) is 57.6 Å². The molecule has 0 aliphatic carbocycles. The maximum absolute atomic E-state index is 15.2. The molecule has 4 rings (SSSR count). The smallest absolute Gasteiger partial charge is 0.254 e. The summed E-state index contributed by atoms with van der Waals surface area (Å²) in [5.41, 5.74) is 3.57. The van der Waals surface area contributed by atoms with Crippen molar-refractivity contribution >= 4 is 27.3 Å². The lowest BCUT2D eigenvalue weighted by Crippen LogP contribution is -2.33. The summed E-state index contributed by atoms with van der Waals surface area (Å²) in [5.74, 6) is -0.933. The van der Waals surface area contributed by atoms with E-state index in [9.17, 15) is 18.0 Å². The van der Waals surface area contributed by atoms with Crippen molar-refractivity contribution < 1.29 is 27.1 Å². The SMILES string of the molecule is CCc1c(C(=O)N2CCOc3ccc(-c4ccc(NC(=O)CNC)cc4)cc3C2)ccc(S(=O)(=O)CC)c1F. The highest BCUT2D eigenvalue weighted by atomic mass is 32.2. The number of hydrogen-bond donors (Lipinski definition) is 2. The Hall–Kier alpha value is -3.76. The van der Waals surface area contributed by atoms with Crippen LogP contribution in [0.25, 0.3) is 11.1 Å². The van der Waals surface area contributed by atoms with Gasteiger partial charge in [-0.25, -0.2) is 12.8 Å². The van der Waals surface area contributed by atoms with Crippen molar-refractivity contribution in [1.29, 1.82) is 0 Å². The highest BCUT2D eigenvalue weighted by Gasteiger charge is 2.27. The minimum absolute atomic E-state index is 0.0931. The summed E-state index contributed by atoms with van der Waals surface area (Å²) >= 11 is 0. The Bertz CT molecular complexity index is 1490. The van der Waals surface area contributed by atoms with Gasteiger partial charge in [0, 0.05) is 28.9 Å². The second kappa shape index (κ2) is 12.0. The van der Waals surface area contributed by atoms with Crippen molar-refractivity contribution in [2.45, 2.75) is 31.7 Å². The van der Waals surface area contributed by atoms with E-state index in [1.165, 1.54) is 19.1 Å². The number of rotatable bonds is 8. The Labute approximate surface area is 228 Å². The third-order valence-corrected chi connectivity index (χ3v) is 8.42. The van der Waals surface area contributed by atoms with Gasteiger partial charge in [0.15, 0.2) is 9.84 Å². The molecule has 0 bridgehead atoms. The third kappa shape index (κ3) is 6.12. The number of nitrogens with zero attached hydrogens (tertiary/aromatic N) is 1. The first-order valence-electron chi connectivity index (χ1n) is 12.8. The molecule has 206 valence electrons. The molecule has 2 N–H and O–H groups in total. The molecule has 1 heterocycles. The van der Waals surface area contributed by atoms with Crippen LogP contribution in [0, 0.1) is 5.82 Å². The van der Waals surface area contributed by atoms with Crippen molar-refractivity contribution in [2.24, 2.45) is 0 Å². The average molecular weight is 554 g/mol. The molecule has 0 saturated heterocycles. The fraction of sp³-hybridized carbons (Fsp3) is 0.310. The summed E-state index contributed by atoms with van der Waals surface area (Å²) in [6, 6.07) is 15.8. The number of carbonyl (C=O) groups is 2. The summed E-state index contributed by atoms with van der Waals surface area (Å²) in [6.45, 7) is 4.19. The fourth-order valence-corrected chi connectivity index (χ4v) is 5.55. The van der Waals surface area contributed by atoms with E-state index in [4.69, 9.17) is 4.74 Å². The lowest BCUT2D eigenvalue weighted by atomic mass is 10.0. The largest absolute Gasteiger partial charge is 0.491 e. The normalized spacial score (nSPS) is 13.3. The molecular weight excluding hydrogens is 521 g/mol. The van der Waals surface area contributed by atoms with E-state index < -0.39 is 15.7 Å². The lowest BCUT2D eigenvalue weighted by molar-refractivity contribution is -0.115. The predicted octanol–water partition coefficient (Wildman–Crippen LogP) is 4.04. The summed E-state index contributed by atoms with van der Waals surface area (Å²) < 4.78 is 45.8. The van der Waals surface area contributed by atoms with Crippen LogP contribution in [-0.2, 0) is 27.6 Å². The Morgan fingerprint density at radius 1 is 1.03 bits per heavy atom. The number of amides is 2. The molecule has 1 aliphatic rings. The van der Waals surface area contributed by atoms with Gasteiger partial charge in [-0.15, -0.1) is 0 Å². The molecular formula is C29H32FN3O5S. The van der Waals surface area contributed by atoms with Crippen LogP contribution >= 0.6 is 0 Å². The zero-order chi connectivity index (χ0) is 28.2. The predicted molar refractivity (Wildman–Crippen MR) is 148 cm³/mol. The Balaban J connectivity index is 1.59. The molecule has 2 amide bonds. The van der Waals surface area contributed by atoms with E-state index in [0.29, 0.717) is 18.0 Å². The van der Waals surface area contributed by atoms with Gasteiger partial charge in [-0.05, 0) is 61.0 Å². The van der Waals surface area contributed by atoms with Crippen LogP contribution in [0.1, 0.15) is 35.3 Å². The molecule has 1 aliphatic heterocycles. The number of nitrogens with one attached hydrogen (secondary N) is 2. The van der Waals surface area contributed by atoms with Gasteiger partial charge >= 0.3 is 0 Å². The molecule has 0 aromatic heterocycles. The van der Waals surface area contributed by atoms with E-state index in [2.05, 4.69) is 10.6 Å². The van der Waals surface area contributed by atoms with Gasteiger partial charge in [-0.3, -0.25) is 9.59 Å². The number of likely N-dealkylation sites (N-methyl/N-ethyl adjacent to an activating group) is 1. The van der Waals surface area contributed by atoms with Crippen molar-refractivity contribution in [3.8, 4) is 16.9 Å². The molecule has 0 radical (unpaired) electrons. The maximum atomic E-state index is 15.2. The number of ether oxygens (including phenoxy) is 1. The first-order valence-corrected chi connectivity index (χ1v) is 14.5. The van der Waals surface area contributed by atoms with E-state index in [0.717, 1.165) is 16.7 Å². The molecule has 3 aromatic carbocycles. The molecule has 0 spiro atoms. The van der Waals surface area contributed by atoms with Gasteiger partial charge in [0.05, 0.1) is 18.8 Å². The number of sulfone groups is 1. The Morgan fingerprint density at radius 3 is 2.41 bits per heavy atom. The summed E-state index contributed by atoms with van der Waals surface area (Å²) in [4.78, 5) is 26.6. The van der Waals surface area contributed by atoms with E-state index in [1.54, 1.807) is 18.9 Å². The first-order chi connectivity index (χ1) is 18.7. The van der Waals surface area contributed by atoms with Crippen LogP contribution in [0.3, 0.4) is 0 Å². The Kier molecular flexibility index (Phi) is 8.66. The van der Waals surface area contributed by atoms with Crippen molar-refractivity contribution in [1.82, 2.24) is 10.2 Å². The van der Waals surface area contributed by atoms with Crippen LogP contribution in [0.15, 0.2) is 59.5 Å². The van der Waals surface area contributed by atoms with E-state index >= 15 is 4.39 Å². The highest BCUT2D eigenvalue weighted by Crippen LogP contribution is 2.31. The molecule has 8 nitrogen and oxygen atoms in total. The third-order valence-electron chi connectivity index (χ3n) is 6.67. The first kappa shape index (κ1) is 28.3. The standard InChI is InChI=1S/C29H32FN3O5S/c1-4-23-24(11-13-26(28(23)30)39(36,37)5-2)29(35)33-14-15-38-25-12-8-20(16-21(25)18-33)19-6-9-22(10-7-19)32-27(34)17-31-3/h6-13,16,31H,4-5,14-15,17-18H2,1-3H3,(H,32,34). The van der Waals surface area contributed by atoms with Gasteiger partial charge in [0.25, 0.3) is 5.91 Å². The minimum atomic E-state index is -3.76. The van der Waals surface area contributed by atoms with Gasteiger partial charge in [-0.2, -0.15) is 0 Å². The molecule has 3 aromatic rings. The highest BCUT2D eigenvalue weighted by molar-refractivity contribution is 7.91. The topological polar surface area (TPSA) is 105 Å². The van der Waals surface area contributed by atoms with E-state index in [1.807, 2.05) is 42.5 Å². The minimum Gasteiger partial charge on any atom is -0.491 e. The number of benzene rings is 3. The van der Waals surface area contributed by atoms with Crippen molar-refractivity contribution in [3.63, 3.8) is 0 Å². The second-order valence-corrected chi connectivity index (χ2v) is 11.5. The van der Waals surface area contributed by atoms with Crippen LogP contribution in [0.2, 0.25) is 0 Å². The molecule has 0 atom stereocenters. The average Bonchev–Trinajstić information content (AvgIpc) is 3.15. The molecule has 10 heteroatoms. The number of halogens is 1. The quantitative estimate of drug-likeness (QED) is 0.436. The molecule has 0 fully saturated rings. The van der Waals surface area contributed by atoms with Gasteiger partial charge in [-0.1, -0.05) is 32.0 Å². The van der Waals surface area contributed by atoms with Gasteiger partial charge < -0.3 is 20.3 Å². The number of carbonyl (C=O) groups excluding carboxylic acids is 2. The van der Waals surface area contributed by atoms with Gasteiger partial charge in [0.2, 0.25) is 5.91 Å². The summed E-state index contributed by atoms with van der Waals surface area (Å²) in [7, 11) is -2.06. The summed E-state index contributed by atoms with van der Waals surface area (Å²) in [6.07, 6.45) is 0.177. The zero-order valence-corrected chi connectivity index (χ0v) is 23.0. The van der Waals surface area contributed by atoms with Gasteiger partial charge in [0.1, 0.15) is 23.1 Å². The number of hydrogen-bond acceptors (Lipinski definition) is 6. The van der Waals surface area contributed by atoms with Crippen LogP contribution in [0.4, 0.5) is 10.1 Å². The maximum Gasteiger partial charge on any atom is 0.254 e. The second-order valence-electron chi connectivity index (χ2n) is 9.21. The fourth-order valence-electron chi connectivity index (χ4n) is 4.57. The zero-order valence-electron chi connectivity index (χ0n) is 22.2. The lowest BCUT2D eigenvalue weighted by Gasteiger charge is -2.22. The summed E-state index contributed by atoms with van der Waals surface area (Å²) in [5, 5.41) is 5.62. The van der Waals surface area contributed by atoms with E-state index in [-0.39, 0.29) is 59.7 Å².